The average Bonchev–Trinajstić information content (AvgIpc) is 2.73. The molecule has 0 aliphatic heterocycles. The van der Waals surface area contributed by atoms with Crippen LogP contribution in [-0.2, 0) is 17.9 Å². The largest absolute Gasteiger partial charge is 0.481 e. The van der Waals surface area contributed by atoms with Crippen LogP contribution in [0.15, 0.2) is 12.4 Å². The molecule has 0 aliphatic rings. The zero-order valence-corrected chi connectivity index (χ0v) is 11.7. The third kappa shape index (κ3) is 6.10. The van der Waals surface area contributed by atoms with Crippen molar-refractivity contribution >= 4 is 5.97 Å². The van der Waals surface area contributed by atoms with E-state index in [1.807, 2.05) is 13.8 Å². The maximum atomic E-state index is 12.2. The number of alkyl halides is 2. The van der Waals surface area contributed by atoms with Crippen molar-refractivity contribution in [2.45, 2.75) is 39.8 Å². The van der Waals surface area contributed by atoms with Crippen LogP contribution in [0.25, 0.3) is 0 Å². The Hall–Kier alpha value is -1.50. The molecule has 0 bridgehead atoms. The number of halogens is 2. The van der Waals surface area contributed by atoms with E-state index >= 15 is 0 Å². The van der Waals surface area contributed by atoms with Gasteiger partial charge in [0.05, 0.1) is 12.1 Å². The lowest BCUT2D eigenvalue weighted by atomic mass is 9.97. The van der Waals surface area contributed by atoms with Crippen LogP contribution in [0, 0.1) is 11.8 Å². The van der Waals surface area contributed by atoms with E-state index in [1.165, 1.54) is 17.1 Å². The summed E-state index contributed by atoms with van der Waals surface area (Å²) in [5, 5.41) is 15.9. The molecule has 7 heteroatoms. The number of carboxylic acids is 1. The fraction of sp³-hybridized carbons (Fsp3) is 0.692. The average molecular weight is 289 g/mol. The van der Waals surface area contributed by atoms with E-state index < -0.39 is 24.9 Å². The molecule has 114 valence electrons. The second kappa shape index (κ2) is 7.94. The Morgan fingerprint density at radius 1 is 1.50 bits per heavy atom. The number of aromatic nitrogens is 2. The maximum Gasteiger partial charge on any atom is 0.307 e. The van der Waals surface area contributed by atoms with Gasteiger partial charge in [0.2, 0.25) is 0 Å². The van der Waals surface area contributed by atoms with Crippen molar-refractivity contribution in [3.8, 4) is 0 Å². The lowest BCUT2D eigenvalue weighted by Crippen LogP contribution is -2.29. The monoisotopic (exact) mass is 289 g/mol. The predicted molar refractivity (Wildman–Crippen MR) is 70.5 cm³/mol. The molecule has 5 nitrogen and oxygen atoms in total. The van der Waals surface area contributed by atoms with E-state index in [2.05, 4.69) is 10.4 Å². The highest BCUT2D eigenvalue weighted by molar-refractivity contribution is 5.70. The topological polar surface area (TPSA) is 67.2 Å². The smallest absolute Gasteiger partial charge is 0.307 e. The Kier molecular flexibility index (Phi) is 6.57. The van der Waals surface area contributed by atoms with E-state index in [4.69, 9.17) is 5.11 Å². The number of carboxylic acid groups (broad SMARTS) is 1. The van der Waals surface area contributed by atoms with Gasteiger partial charge in [-0.1, -0.05) is 13.8 Å². The molecule has 0 radical (unpaired) electrons. The number of hydrogen-bond donors (Lipinski definition) is 2. The van der Waals surface area contributed by atoms with Gasteiger partial charge in [-0.25, -0.2) is 8.78 Å². The molecule has 1 aromatic heterocycles. The highest BCUT2D eigenvalue weighted by Gasteiger charge is 2.18. The molecule has 2 N–H and O–H groups in total. The molecular formula is C13H21F2N3O2. The molecule has 0 saturated heterocycles. The van der Waals surface area contributed by atoms with Crippen molar-refractivity contribution in [2.24, 2.45) is 11.8 Å². The molecule has 0 aromatic carbocycles. The molecule has 1 rings (SSSR count). The van der Waals surface area contributed by atoms with E-state index in [0.717, 1.165) is 5.56 Å². The summed E-state index contributed by atoms with van der Waals surface area (Å²) in [5.74, 6) is -0.947. The van der Waals surface area contributed by atoms with Crippen molar-refractivity contribution in [1.82, 2.24) is 15.1 Å². The number of aliphatic carboxylic acids is 1. The van der Waals surface area contributed by atoms with E-state index in [0.29, 0.717) is 25.4 Å². The summed E-state index contributed by atoms with van der Waals surface area (Å²) >= 11 is 0. The molecule has 0 saturated carbocycles. The van der Waals surface area contributed by atoms with Gasteiger partial charge in [0.25, 0.3) is 6.43 Å². The molecule has 1 unspecified atom stereocenters. The van der Waals surface area contributed by atoms with E-state index in [9.17, 15) is 13.6 Å². The molecule has 1 atom stereocenters. The third-order valence-electron chi connectivity index (χ3n) is 2.84. The van der Waals surface area contributed by atoms with E-state index in [-0.39, 0.29) is 0 Å². The molecule has 1 heterocycles. The first-order valence-corrected chi connectivity index (χ1v) is 6.61. The minimum absolute atomic E-state index is 0.312. The molecule has 0 amide bonds. The van der Waals surface area contributed by atoms with Crippen molar-refractivity contribution in [3.05, 3.63) is 18.0 Å². The fourth-order valence-electron chi connectivity index (χ4n) is 1.97. The summed E-state index contributed by atoms with van der Waals surface area (Å²) in [7, 11) is 0. The Labute approximate surface area is 117 Å². The molecule has 0 aliphatic carbocycles. The first-order valence-electron chi connectivity index (χ1n) is 6.61. The quantitative estimate of drug-likeness (QED) is 0.729. The summed E-state index contributed by atoms with van der Waals surface area (Å²) in [6.07, 6.45) is 1.22. The minimum atomic E-state index is -2.43. The highest BCUT2D eigenvalue weighted by atomic mass is 19.3. The summed E-state index contributed by atoms with van der Waals surface area (Å²) in [6.45, 7) is 4.30. The van der Waals surface area contributed by atoms with Crippen LogP contribution >= 0.6 is 0 Å². The first kappa shape index (κ1) is 16.6. The Morgan fingerprint density at radius 3 is 2.75 bits per heavy atom. The van der Waals surface area contributed by atoms with Gasteiger partial charge in [-0.05, 0) is 12.3 Å². The van der Waals surface area contributed by atoms with Gasteiger partial charge in [0, 0.05) is 24.8 Å². The van der Waals surface area contributed by atoms with Crippen LogP contribution < -0.4 is 5.32 Å². The van der Waals surface area contributed by atoms with Gasteiger partial charge in [-0.3, -0.25) is 9.48 Å². The van der Waals surface area contributed by atoms with Crippen molar-refractivity contribution in [2.75, 3.05) is 6.54 Å². The molecule has 0 spiro atoms. The molecule has 0 fully saturated rings. The number of nitrogens with one attached hydrogen (secondary N) is 1. The molecule has 1 aromatic rings. The fourth-order valence-corrected chi connectivity index (χ4v) is 1.97. The van der Waals surface area contributed by atoms with Gasteiger partial charge in [-0.2, -0.15) is 5.10 Å². The van der Waals surface area contributed by atoms with Crippen molar-refractivity contribution in [3.63, 3.8) is 0 Å². The maximum absolute atomic E-state index is 12.2. The SMILES string of the molecule is CC(C)CC(CNCc1cnn(CC(F)F)c1)C(=O)O. The summed E-state index contributed by atoms with van der Waals surface area (Å²) < 4.78 is 25.5. The van der Waals surface area contributed by atoms with Crippen LogP contribution in [0.4, 0.5) is 8.78 Å². The number of carbonyl (C=O) groups is 1. The molecular weight excluding hydrogens is 268 g/mol. The van der Waals surface area contributed by atoms with Crippen LogP contribution in [0.3, 0.4) is 0 Å². The van der Waals surface area contributed by atoms with Gasteiger partial charge >= 0.3 is 5.97 Å². The van der Waals surface area contributed by atoms with E-state index in [1.54, 1.807) is 0 Å². The summed E-state index contributed by atoms with van der Waals surface area (Å²) in [6, 6.07) is 0. The predicted octanol–water partition coefficient (Wildman–Crippen LogP) is 1.98. The van der Waals surface area contributed by atoms with Gasteiger partial charge in [0.1, 0.15) is 6.54 Å². The highest BCUT2D eigenvalue weighted by Crippen LogP contribution is 2.11. The van der Waals surface area contributed by atoms with Gasteiger partial charge < -0.3 is 10.4 Å². The minimum Gasteiger partial charge on any atom is -0.481 e. The first-order chi connectivity index (χ1) is 9.38. The van der Waals surface area contributed by atoms with Crippen LogP contribution in [0.1, 0.15) is 25.8 Å². The Balaban J connectivity index is 2.38. The lowest BCUT2D eigenvalue weighted by Gasteiger charge is -2.15. The van der Waals surface area contributed by atoms with Gasteiger partial charge in [0.15, 0.2) is 0 Å². The zero-order valence-electron chi connectivity index (χ0n) is 11.7. The Bertz CT molecular complexity index is 422. The number of hydrogen-bond acceptors (Lipinski definition) is 3. The second-order valence-corrected chi connectivity index (χ2v) is 5.26. The van der Waals surface area contributed by atoms with Crippen LogP contribution in [0.2, 0.25) is 0 Å². The van der Waals surface area contributed by atoms with Crippen LogP contribution in [0.5, 0.6) is 0 Å². The van der Waals surface area contributed by atoms with Gasteiger partial charge in [-0.15, -0.1) is 0 Å². The number of nitrogens with zero attached hydrogens (tertiary/aromatic N) is 2. The third-order valence-corrected chi connectivity index (χ3v) is 2.84. The summed E-state index contributed by atoms with van der Waals surface area (Å²) in [5.41, 5.74) is 0.763. The van der Waals surface area contributed by atoms with Crippen LogP contribution in [-0.4, -0.2) is 33.8 Å². The normalized spacial score (nSPS) is 13.1. The number of rotatable bonds is 9. The second-order valence-electron chi connectivity index (χ2n) is 5.26. The molecule has 20 heavy (non-hydrogen) atoms. The summed E-state index contributed by atoms with van der Waals surface area (Å²) in [4.78, 5) is 11.1. The standard InChI is InChI=1S/C13H21F2N3O2/c1-9(2)3-11(13(19)20)6-16-4-10-5-17-18(7-10)8-12(14)15/h5,7,9,11-12,16H,3-4,6,8H2,1-2H3,(H,19,20). The van der Waals surface area contributed by atoms with Crippen molar-refractivity contribution < 1.29 is 18.7 Å². The zero-order chi connectivity index (χ0) is 15.1. The Morgan fingerprint density at radius 2 is 2.20 bits per heavy atom. The lowest BCUT2D eigenvalue weighted by molar-refractivity contribution is -0.142. The van der Waals surface area contributed by atoms with Crippen molar-refractivity contribution in [1.29, 1.82) is 0 Å².